The fourth-order valence-electron chi connectivity index (χ4n) is 3.66. The summed E-state index contributed by atoms with van der Waals surface area (Å²) < 4.78 is 26.9. The molecule has 0 aliphatic carbocycles. The van der Waals surface area contributed by atoms with Gasteiger partial charge in [-0.3, -0.25) is 4.90 Å². The molecule has 1 atom stereocenters. The van der Waals surface area contributed by atoms with Crippen LogP contribution < -0.4 is 14.8 Å². The number of ether oxygens (including phenoxy) is 2. The Morgan fingerprint density at radius 2 is 1.94 bits per heavy atom. The molecule has 0 saturated carbocycles. The number of benzene rings is 2. The molecule has 0 amide bonds. The molecule has 1 N–H and O–H groups in total. The number of anilines is 2. The van der Waals surface area contributed by atoms with E-state index in [4.69, 9.17) is 9.47 Å². The average molecular weight is 524 g/mol. The Hall–Kier alpha value is -2.42. The van der Waals surface area contributed by atoms with Crippen LogP contribution in [0.4, 0.5) is 15.9 Å². The third-order valence-electron chi connectivity index (χ3n) is 5.21. The van der Waals surface area contributed by atoms with Crippen molar-refractivity contribution in [2.24, 2.45) is 0 Å². The third-order valence-corrected chi connectivity index (χ3v) is 5.70. The van der Waals surface area contributed by atoms with E-state index in [-0.39, 0.29) is 24.5 Å². The van der Waals surface area contributed by atoms with Crippen molar-refractivity contribution in [2.45, 2.75) is 26.0 Å². The van der Waals surface area contributed by atoms with Crippen molar-refractivity contribution >= 4 is 50.7 Å². The van der Waals surface area contributed by atoms with Crippen LogP contribution >= 0.6 is 28.3 Å². The fourth-order valence-corrected chi connectivity index (χ4v) is 3.99. The van der Waals surface area contributed by atoms with Crippen LogP contribution in [0, 0.1) is 5.82 Å². The summed E-state index contributed by atoms with van der Waals surface area (Å²) in [6, 6.07) is 8.48. The van der Waals surface area contributed by atoms with Gasteiger partial charge in [0.2, 0.25) is 0 Å². The van der Waals surface area contributed by atoms with Crippen LogP contribution in [0.3, 0.4) is 0 Å². The minimum absolute atomic E-state index is 0. The second kappa shape index (κ2) is 10.9. The molecule has 0 bridgehead atoms. The second-order valence-electron chi connectivity index (χ2n) is 7.27. The Morgan fingerprint density at radius 3 is 2.62 bits per heavy atom. The number of methoxy groups -OCH3 is 1. The Bertz CT molecular complexity index is 1110. The van der Waals surface area contributed by atoms with Crippen LogP contribution in [-0.2, 0) is 0 Å². The number of nitrogens with zero attached hydrogens (tertiary/aromatic N) is 3. The van der Waals surface area contributed by atoms with Crippen LogP contribution in [0.2, 0.25) is 0 Å². The summed E-state index contributed by atoms with van der Waals surface area (Å²) in [4.78, 5) is 11.0. The number of allylic oxidation sites excluding steroid dienone is 1. The highest BCUT2D eigenvalue weighted by Gasteiger charge is 2.23. The first-order chi connectivity index (χ1) is 15.1. The predicted octanol–water partition coefficient (Wildman–Crippen LogP) is 6.08. The van der Waals surface area contributed by atoms with E-state index in [9.17, 15) is 4.39 Å². The number of nitrogens with one attached hydrogen (secondary N) is 1. The highest BCUT2D eigenvalue weighted by atomic mass is 79.9. The first-order valence-electron chi connectivity index (χ1n) is 10.2. The molecule has 1 saturated heterocycles. The first-order valence-corrected chi connectivity index (χ1v) is 11.0. The summed E-state index contributed by atoms with van der Waals surface area (Å²) >= 11 is 3.27. The summed E-state index contributed by atoms with van der Waals surface area (Å²) in [5, 5.41) is 3.76. The second-order valence-corrected chi connectivity index (χ2v) is 8.18. The average Bonchev–Trinajstić information content (AvgIpc) is 3.30. The van der Waals surface area contributed by atoms with Crippen molar-refractivity contribution in [3.8, 4) is 11.5 Å². The number of hydrogen-bond acceptors (Lipinski definition) is 6. The predicted molar refractivity (Wildman–Crippen MR) is 131 cm³/mol. The number of halogens is 3. The van der Waals surface area contributed by atoms with Crippen molar-refractivity contribution in [2.75, 3.05) is 25.5 Å². The molecule has 6 nitrogen and oxygen atoms in total. The van der Waals surface area contributed by atoms with E-state index in [2.05, 4.69) is 36.1 Å². The highest BCUT2D eigenvalue weighted by molar-refractivity contribution is 9.10. The van der Waals surface area contributed by atoms with E-state index in [1.165, 1.54) is 25.2 Å². The molecule has 2 aromatic carbocycles. The molecule has 3 aromatic rings. The van der Waals surface area contributed by atoms with Crippen LogP contribution in [-0.4, -0.2) is 41.3 Å². The highest BCUT2D eigenvalue weighted by Crippen LogP contribution is 2.36. The molecule has 2 heterocycles. The largest absolute Gasteiger partial charge is 0.493 e. The van der Waals surface area contributed by atoms with Gasteiger partial charge in [0.25, 0.3) is 0 Å². The van der Waals surface area contributed by atoms with Gasteiger partial charge in [0.05, 0.1) is 18.3 Å². The van der Waals surface area contributed by atoms with Crippen LogP contribution in [0.15, 0.2) is 53.3 Å². The monoisotopic (exact) mass is 522 g/mol. The minimum Gasteiger partial charge on any atom is -0.493 e. The number of likely N-dealkylation sites (tertiary alicyclic amines) is 1. The smallest absolute Gasteiger partial charge is 0.172 e. The number of hydrogen-bond donors (Lipinski definition) is 1. The quantitative estimate of drug-likeness (QED) is 0.379. The Morgan fingerprint density at radius 1 is 1.16 bits per heavy atom. The molecular formula is C23H25BrClFN4O2. The van der Waals surface area contributed by atoms with Gasteiger partial charge in [0.15, 0.2) is 17.7 Å². The molecule has 1 unspecified atom stereocenters. The molecule has 1 aromatic heterocycles. The van der Waals surface area contributed by atoms with Crippen LogP contribution in [0.1, 0.15) is 19.8 Å². The molecule has 1 aliphatic rings. The Balaban J connectivity index is 0.00000289. The van der Waals surface area contributed by atoms with Gasteiger partial charge in [0.1, 0.15) is 18.0 Å². The van der Waals surface area contributed by atoms with Crippen LogP contribution in [0.5, 0.6) is 11.5 Å². The van der Waals surface area contributed by atoms with E-state index < -0.39 is 0 Å². The molecule has 1 fully saturated rings. The molecular weight excluding hydrogens is 499 g/mol. The van der Waals surface area contributed by atoms with Gasteiger partial charge in [-0.15, -0.1) is 12.4 Å². The van der Waals surface area contributed by atoms with E-state index in [0.717, 1.165) is 13.1 Å². The van der Waals surface area contributed by atoms with Gasteiger partial charge in [-0.2, -0.15) is 0 Å². The van der Waals surface area contributed by atoms with Gasteiger partial charge in [-0.1, -0.05) is 22.0 Å². The van der Waals surface area contributed by atoms with Crippen molar-refractivity contribution in [1.29, 1.82) is 0 Å². The number of rotatable bonds is 7. The molecule has 9 heteroatoms. The van der Waals surface area contributed by atoms with Crippen molar-refractivity contribution in [1.82, 2.24) is 14.9 Å². The third kappa shape index (κ3) is 5.31. The lowest BCUT2D eigenvalue weighted by Gasteiger charge is -2.26. The van der Waals surface area contributed by atoms with Crippen molar-refractivity contribution in [3.63, 3.8) is 0 Å². The number of fused-ring (bicyclic) bond motifs is 1. The lowest BCUT2D eigenvalue weighted by Crippen LogP contribution is -2.35. The van der Waals surface area contributed by atoms with Gasteiger partial charge < -0.3 is 14.8 Å². The van der Waals surface area contributed by atoms with Crippen molar-refractivity contribution < 1.29 is 13.9 Å². The summed E-state index contributed by atoms with van der Waals surface area (Å²) in [5.74, 6) is 1.27. The Kier molecular flexibility index (Phi) is 8.28. The normalized spacial score (nSPS) is 15.0. The van der Waals surface area contributed by atoms with E-state index in [0.29, 0.717) is 38.4 Å². The van der Waals surface area contributed by atoms with E-state index in [1.54, 1.807) is 19.2 Å². The van der Waals surface area contributed by atoms with Crippen molar-refractivity contribution in [3.05, 3.63) is 59.1 Å². The van der Waals surface area contributed by atoms with Gasteiger partial charge in [0, 0.05) is 29.0 Å². The fraction of sp³-hybridized carbons (Fsp3) is 0.304. The summed E-state index contributed by atoms with van der Waals surface area (Å²) in [6.45, 7) is 3.98. The SMILES string of the molecule is C/C=C/C(Oc1cc2ncnc(Nc3ccc(Br)cc3F)c2cc1OC)N1CCCC1.Cl. The zero-order valence-corrected chi connectivity index (χ0v) is 20.2. The Labute approximate surface area is 201 Å². The summed E-state index contributed by atoms with van der Waals surface area (Å²) in [5.41, 5.74) is 0.996. The summed E-state index contributed by atoms with van der Waals surface area (Å²) in [7, 11) is 1.60. The van der Waals surface area contributed by atoms with Gasteiger partial charge in [-0.05, 0) is 50.1 Å². The number of aromatic nitrogens is 2. The van der Waals surface area contributed by atoms with E-state index in [1.807, 2.05) is 31.2 Å². The molecule has 0 spiro atoms. The molecule has 1 aliphatic heterocycles. The van der Waals surface area contributed by atoms with Gasteiger partial charge in [-0.25, -0.2) is 14.4 Å². The maximum atomic E-state index is 14.3. The minimum atomic E-state index is -0.382. The maximum Gasteiger partial charge on any atom is 0.172 e. The lowest BCUT2D eigenvalue weighted by atomic mass is 10.2. The topological polar surface area (TPSA) is 59.5 Å². The molecule has 0 radical (unpaired) electrons. The van der Waals surface area contributed by atoms with E-state index >= 15 is 0 Å². The lowest BCUT2D eigenvalue weighted by molar-refractivity contribution is 0.0806. The molecule has 4 rings (SSSR count). The molecule has 170 valence electrons. The molecule has 32 heavy (non-hydrogen) atoms. The zero-order valence-electron chi connectivity index (χ0n) is 17.8. The zero-order chi connectivity index (χ0) is 21.8. The van der Waals surface area contributed by atoms with Crippen LogP contribution in [0.25, 0.3) is 10.9 Å². The van der Waals surface area contributed by atoms with Gasteiger partial charge >= 0.3 is 0 Å². The maximum absolute atomic E-state index is 14.3. The standard InChI is InChI=1S/C23H24BrFN4O2.ClH/c1-3-6-22(29-9-4-5-10-29)31-21-13-19-16(12-20(21)30-2)23(27-14-26-19)28-18-8-7-15(24)11-17(18)25;/h3,6-8,11-14,22H,4-5,9-10H2,1-2H3,(H,26,27,28);1H/b6-3+;. The summed E-state index contributed by atoms with van der Waals surface area (Å²) in [6.07, 6.45) is 7.64. The first kappa shape index (κ1) is 24.2.